The molecule has 10 heteroatoms. The van der Waals surface area contributed by atoms with Gasteiger partial charge in [-0.25, -0.2) is 0 Å². The van der Waals surface area contributed by atoms with E-state index in [4.69, 9.17) is 39.5 Å². The molecule has 0 fully saturated rings. The van der Waals surface area contributed by atoms with Gasteiger partial charge < -0.3 is 14.6 Å². The molecule has 152 valence electrons. The zero-order valence-electron chi connectivity index (χ0n) is 15.4. The average molecular weight is 472 g/mol. The average Bonchev–Trinajstić information content (AvgIpc) is 3.10. The molecule has 3 rings (SSSR count). The minimum Gasteiger partial charge on any atom is -0.486 e. The summed E-state index contributed by atoms with van der Waals surface area (Å²) in [5.41, 5.74) is 0.471. The molecule has 1 amide bonds. The Morgan fingerprint density at radius 2 is 1.83 bits per heavy atom. The van der Waals surface area contributed by atoms with Crippen LogP contribution in [0.3, 0.4) is 0 Å². The quantitative estimate of drug-likeness (QED) is 0.435. The summed E-state index contributed by atoms with van der Waals surface area (Å²) in [6.07, 6.45) is 0. The molecule has 0 unspecified atom stereocenters. The monoisotopic (exact) mass is 470 g/mol. The van der Waals surface area contributed by atoms with Crippen LogP contribution in [0.1, 0.15) is 12.7 Å². The molecule has 1 heterocycles. The molecule has 0 bridgehead atoms. The van der Waals surface area contributed by atoms with Crippen molar-refractivity contribution in [2.45, 2.75) is 25.2 Å². The van der Waals surface area contributed by atoms with Gasteiger partial charge in [0.1, 0.15) is 12.4 Å². The molecule has 0 spiro atoms. The number of aromatic nitrogens is 3. The van der Waals surface area contributed by atoms with E-state index in [-0.39, 0.29) is 18.3 Å². The molecule has 0 aliphatic rings. The number of ether oxygens (including phenoxy) is 1. The molecule has 0 aliphatic heterocycles. The van der Waals surface area contributed by atoms with E-state index in [9.17, 15) is 4.79 Å². The second-order valence-corrected chi connectivity index (χ2v) is 8.07. The third-order valence-electron chi connectivity index (χ3n) is 3.83. The molecular weight excluding hydrogens is 455 g/mol. The molecule has 0 atom stereocenters. The summed E-state index contributed by atoms with van der Waals surface area (Å²) >= 11 is 19.2. The highest BCUT2D eigenvalue weighted by molar-refractivity contribution is 7.99. The molecular formula is C19H17Cl3N4O2S. The number of carbonyl (C=O) groups is 1. The minimum atomic E-state index is -0.219. The van der Waals surface area contributed by atoms with Crippen LogP contribution in [-0.2, 0) is 17.9 Å². The van der Waals surface area contributed by atoms with Gasteiger partial charge in [0.2, 0.25) is 5.91 Å². The first-order valence-corrected chi connectivity index (χ1v) is 10.8. The number of nitrogens with one attached hydrogen (secondary N) is 1. The van der Waals surface area contributed by atoms with E-state index in [1.165, 1.54) is 11.8 Å². The first-order valence-electron chi connectivity index (χ1n) is 8.64. The van der Waals surface area contributed by atoms with Crippen molar-refractivity contribution in [1.82, 2.24) is 14.8 Å². The summed E-state index contributed by atoms with van der Waals surface area (Å²) in [7, 11) is 0. The van der Waals surface area contributed by atoms with E-state index >= 15 is 0 Å². The van der Waals surface area contributed by atoms with Gasteiger partial charge in [-0.05, 0) is 49.4 Å². The Morgan fingerprint density at radius 3 is 2.55 bits per heavy atom. The highest BCUT2D eigenvalue weighted by atomic mass is 35.5. The van der Waals surface area contributed by atoms with Crippen LogP contribution in [0.4, 0.5) is 5.69 Å². The Labute approximate surface area is 187 Å². The molecule has 2 aromatic carbocycles. The third-order valence-corrected chi connectivity index (χ3v) is 5.61. The molecule has 1 N–H and O–H groups in total. The smallest absolute Gasteiger partial charge is 0.234 e. The van der Waals surface area contributed by atoms with Gasteiger partial charge in [0.25, 0.3) is 0 Å². The second kappa shape index (κ2) is 10.2. The van der Waals surface area contributed by atoms with Crippen molar-refractivity contribution in [2.24, 2.45) is 0 Å². The van der Waals surface area contributed by atoms with Crippen molar-refractivity contribution >= 4 is 58.2 Å². The number of rotatable bonds is 8. The number of amides is 1. The van der Waals surface area contributed by atoms with Gasteiger partial charge in [0.15, 0.2) is 11.0 Å². The van der Waals surface area contributed by atoms with Crippen LogP contribution in [0.2, 0.25) is 15.1 Å². The predicted molar refractivity (Wildman–Crippen MR) is 117 cm³/mol. The predicted octanol–water partition coefficient (Wildman–Crippen LogP) is 5.57. The minimum absolute atomic E-state index is 0.152. The number of carbonyl (C=O) groups excluding carboxylic acids is 1. The summed E-state index contributed by atoms with van der Waals surface area (Å²) < 4.78 is 7.64. The van der Waals surface area contributed by atoms with E-state index in [1.807, 2.05) is 11.5 Å². The van der Waals surface area contributed by atoms with Crippen LogP contribution in [0.15, 0.2) is 47.6 Å². The molecule has 0 radical (unpaired) electrons. The first kappa shape index (κ1) is 21.8. The van der Waals surface area contributed by atoms with Crippen molar-refractivity contribution in [3.8, 4) is 5.75 Å². The number of hydrogen-bond acceptors (Lipinski definition) is 5. The van der Waals surface area contributed by atoms with Gasteiger partial charge in [-0.3, -0.25) is 4.79 Å². The normalized spacial score (nSPS) is 10.8. The lowest BCUT2D eigenvalue weighted by Crippen LogP contribution is -2.15. The molecule has 6 nitrogen and oxygen atoms in total. The summed E-state index contributed by atoms with van der Waals surface area (Å²) in [6, 6.07) is 12.0. The Hall–Kier alpha value is -1.93. The Bertz CT molecular complexity index is 996. The van der Waals surface area contributed by atoms with Crippen molar-refractivity contribution < 1.29 is 9.53 Å². The van der Waals surface area contributed by atoms with Gasteiger partial charge in [-0.1, -0.05) is 46.6 Å². The van der Waals surface area contributed by atoms with E-state index in [0.29, 0.717) is 44.0 Å². The van der Waals surface area contributed by atoms with Crippen LogP contribution in [0, 0.1) is 0 Å². The fourth-order valence-corrected chi connectivity index (χ4v) is 3.72. The van der Waals surface area contributed by atoms with Crippen molar-refractivity contribution in [3.63, 3.8) is 0 Å². The number of hydrogen-bond donors (Lipinski definition) is 1. The fraction of sp³-hybridized carbons (Fsp3) is 0.211. The topological polar surface area (TPSA) is 69.0 Å². The van der Waals surface area contributed by atoms with E-state index < -0.39 is 0 Å². The van der Waals surface area contributed by atoms with Gasteiger partial charge in [0, 0.05) is 16.6 Å². The highest BCUT2D eigenvalue weighted by Gasteiger charge is 2.14. The lowest BCUT2D eigenvalue weighted by molar-refractivity contribution is -0.113. The molecule has 1 aromatic heterocycles. The lowest BCUT2D eigenvalue weighted by atomic mass is 10.3. The van der Waals surface area contributed by atoms with Crippen molar-refractivity contribution in [2.75, 3.05) is 11.1 Å². The molecule has 0 saturated heterocycles. The summed E-state index contributed by atoms with van der Waals surface area (Å²) in [5.74, 6) is 1.29. The Morgan fingerprint density at radius 1 is 1.10 bits per heavy atom. The zero-order valence-corrected chi connectivity index (χ0v) is 18.4. The van der Waals surface area contributed by atoms with Gasteiger partial charge >= 0.3 is 0 Å². The maximum Gasteiger partial charge on any atom is 0.234 e. The highest BCUT2D eigenvalue weighted by Crippen LogP contribution is 2.26. The van der Waals surface area contributed by atoms with Crippen LogP contribution in [0.25, 0.3) is 0 Å². The Kier molecular flexibility index (Phi) is 7.66. The number of thioether (sulfide) groups is 1. The van der Waals surface area contributed by atoms with Crippen LogP contribution < -0.4 is 10.1 Å². The van der Waals surface area contributed by atoms with Gasteiger partial charge in [-0.2, -0.15) is 0 Å². The summed E-state index contributed by atoms with van der Waals surface area (Å²) in [4.78, 5) is 12.3. The standard InChI is InChI=1S/C19H17Cl3N4O2S/c1-2-26-17(10-28-14-6-3-12(20)4-7-14)24-25-19(26)29-11-18(27)23-16-9-13(21)5-8-15(16)22/h3-9H,2,10-11H2,1H3,(H,23,27). The first-order chi connectivity index (χ1) is 14.0. The summed E-state index contributed by atoms with van der Waals surface area (Å²) in [5, 5.41) is 13.3. The maximum atomic E-state index is 12.3. The number of nitrogens with zero attached hydrogens (tertiary/aromatic N) is 3. The Balaban J connectivity index is 1.58. The van der Waals surface area contributed by atoms with Crippen molar-refractivity contribution in [1.29, 1.82) is 0 Å². The number of halogens is 3. The van der Waals surface area contributed by atoms with Crippen molar-refractivity contribution in [3.05, 3.63) is 63.4 Å². The van der Waals surface area contributed by atoms with Crippen LogP contribution in [0.5, 0.6) is 5.75 Å². The SMILES string of the molecule is CCn1c(COc2ccc(Cl)cc2)nnc1SCC(=O)Nc1cc(Cl)ccc1Cl. The van der Waals surface area contributed by atoms with Gasteiger partial charge in [-0.15, -0.1) is 10.2 Å². The zero-order chi connectivity index (χ0) is 20.8. The number of benzene rings is 2. The third kappa shape index (κ3) is 6.02. The second-order valence-electron chi connectivity index (χ2n) is 5.85. The van der Waals surface area contributed by atoms with Crippen LogP contribution in [-0.4, -0.2) is 26.4 Å². The van der Waals surface area contributed by atoms with Gasteiger partial charge in [0.05, 0.1) is 16.5 Å². The van der Waals surface area contributed by atoms with E-state index in [0.717, 1.165) is 0 Å². The van der Waals surface area contributed by atoms with E-state index in [2.05, 4.69) is 15.5 Å². The summed E-state index contributed by atoms with van der Waals surface area (Å²) in [6.45, 7) is 2.88. The number of anilines is 1. The van der Waals surface area contributed by atoms with E-state index in [1.54, 1.807) is 42.5 Å². The fourth-order valence-electron chi connectivity index (χ4n) is 2.44. The molecule has 3 aromatic rings. The lowest BCUT2D eigenvalue weighted by Gasteiger charge is -2.10. The largest absolute Gasteiger partial charge is 0.486 e. The molecule has 0 aliphatic carbocycles. The van der Waals surface area contributed by atoms with Crippen LogP contribution >= 0.6 is 46.6 Å². The maximum absolute atomic E-state index is 12.3. The molecule has 29 heavy (non-hydrogen) atoms. The molecule has 0 saturated carbocycles.